The summed E-state index contributed by atoms with van der Waals surface area (Å²) in [4.78, 5) is 103. The minimum Gasteiger partial charge on any atom is -0.540 e. The predicted molar refractivity (Wildman–Crippen MR) is 330 cm³/mol. The summed E-state index contributed by atoms with van der Waals surface area (Å²) in [7, 11) is 3.24. The number of rotatable bonds is 6. The second kappa shape index (κ2) is 28.9. The van der Waals surface area contributed by atoms with Crippen molar-refractivity contribution in [2.45, 2.75) is 207 Å². The molecule has 90 heavy (non-hydrogen) atoms. The van der Waals surface area contributed by atoms with Crippen LogP contribution >= 0.6 is 0 Å². The van der Waals surface area contributed by atoms with Crippen LogP contribution in [-0.4, -0.2) is 130 Å². The average molecular weight is 1310 g/mol. The van der Waals surface area contributed by atoms with Gasteiger partial charge in [-0.15, -0.1) is 0 Å². The molecule has 2 aromatic heterocycles. The number of fused-ring (bicyclic) bond motifs is 14. The number of hydrogen-bond donors (Lipinski definition) is 0. The number of amides is 2. The maximum atomic E-state index is 14.3. The van der Waals surface area contributed by atoms with E-state index in [-0.39, 0.29) is 111 Å². The van der Waals surface area contributed by atoms with Crippen molar-refractivity contribution in [3.05, 3.63) is 47.8 Å². The number of carbonyl (C=O) groups is 4. The van der Waals surface area contributed by atoms with Gasteiger partial charge in [0.1, 0.15) is 47.3 Å². The summed E-state index contributed by atoms with van der Waals surface area (Å²) in [6.07, 6.45) is 18.4. The van der Waals surface area contributed by atoms with Crippen LogP contribution in [0.25, 0.3) is 22.1 Å². The maximum Gasteiger partial charge on any atom is 0.306 e. The quantitative estimate of drug-likeness (QED) is 0.130. The van der Waals surface area contributed by atoms with E-state index in [0.717, 1.165) is 93.1 Å². The number of benzene rings is 2. The van der Waals surface area contributed by atoms with Crippen molar-refractivity contribution in [2.24, 2.45) is 70.0 Å². The number of aromatic nitrogens is 4. The second-order valence-corrected chi connectivity index (χ2v) is 28.9. The number of aryl methyl sites for hydroxylation is 2. The van der Waals surface area contributed by atoms with Gasteiger partial charge in [-0.1, -0.05) is 106 Å². The summed E-state index contributed by atoms with van der Waals surface area (Å²) in [6, 6.07) is 9.72. The van der Waals surface area contributed by atoms with Gasteiger partial charge < -0.3 is 47.8 Å². The van der Waals surface area contributed by atoms with E-state index in [4.69, 9.17) is 48.4 Å². The van der Waals surface area contributed by atoms with E-state index in [0.29, 0.717) is 95.5 Å². The number of methoxy groups -OCH3 is 2. The Hall–Kier alpha value is -5.29. The molecule has 4 saturated carbocycles. The SMILES string of the molecule is CC[C@@H]1[C@@H]2CN(C(=O)[C@H](C(C)(C)C)CC(=O)O[C@@H]3C[C@H]4C[C@H]4[C@H]3CCCCCc3nc4ccc(OC)cc4nc3O2)[C@@H]1[C-]=O.CC[C@@H]1[C@@H]2CN(C(=O)[C@H](C(C)(C)C)CC(=O)O[C@H]3[C@H](CCCCCc4nc5ccc(OC)cc5nc4O2)C[C@@H]2C[C@@H]23)[C@@H]1[C-]=O.[V].[V]. The fourth-order valence-electron chi connectivity index (χ4n) is 15.9. The molecule has 8 aliphatic rings. The van der Waals surface area contributed by atoms with Crippen LogP contribution in [0.2, 0.25) is 0 Å². The van der Waals surface area contributed by atoms with Gasteiger partial charge in [-0.25, -0.2) is 32.5 Å². The van der Waals surface area contributed by atoms with E-state index in [1.165, 1.54) is 6.42 Å². The Labute approximate surface area is 555 Å². The van der Waals surface area contributed by atoms with Gasteiger partial charge in [-0.3, -0.25) is 19.2 Å². The van der Waals surface area contributed by atoms with Crippen molar-refractivity contribution in [3.8, 4) is 23.3 Å². The van der Waals surface area contributed by atoms with Crippen LogP contribution in [0.1, 0.15) is 170 Å². The van der Waals surface area contributed by atoms with Crippen LogP contribution in [-0.2, 0) is 88.2 Å². The Morgan fingerprint density at radius 2 is 0.989 bits per heavy atom. The zero-order chi connectivity index (χ0) is 62.3. The third kappa shape index (κ3) is 14.9. The van der Waals surface area contributed by atoms with Gasteiger partial charge in [0.25, 0.3) is 0 Å². The molecule has 6 heterocycles. The summed E-state index contributed by atoms with van der Waals surface area (Å²) in [5, 5.41) is 0. The van der Waals surface area contributed by atoms with Crippen molar-refractivity contribution in [1.82, 2.24) is 29.7 Å². The van der Waals surface area contributed by atoms with Gasteiger partial charge >= 0.3 is 11.9 Å². The Balaban J connectivity index is 0.000000209. The zero-order valence-electron chi connectivity index (χ0n) is 54.3. The summed E-state index contributed by atoms with van der Waals surface area (Å²) < 4.78 is 36.4. The topological polar surface area (TPSA) is 216 Å². The smallest absolute Gasteiger partial charge is 0.306 e. The first-order chi connectivity index (χ1) is 42.2. The predicted octanol–water partition coefficient (Wildman–Crippen LogP) is 10.9. The monoisotopic (exact) mass is 1310 g/mol. The minimum absolute atomic E-state index is 0. The molecule has 4 aliphatic heterocycles. The molecule has 20 heteroatoms. The molecule has 12 rings (SSSR count). The van der Waals surface area contributed by atoms with Gasteiger partial charge in [0.15, 0.2) is 0 Å². The van der Waals surface area contributed by atoms with Crippen LogP contribution in [0.4, 0.5) is 0 Å². The summed E-state index contributed by atoms with van der Waals surface area (Å²) in [6.45, 7) is 16.2. The van der Waals surface area contributed by atoms with E-state index in [2.05, 4.69) is 12.6 Å². The van der Waals surface area contributed by atoms with E-state index in [1.807, 2.05) is 91.8 Å². The molecule has 6 fully saturated rings. The molecule has 4 bridgehead atoms. The number of hydrogen-bond acceptors (Lipinski definition) is 16. The van der Waals surface area contributed by atoms with Crippen LogP contribution in [0.3, 0.4) is 0 Å². The van der Waals surface area contributed by atoms with Crippen LogP contribution in [0.15, 0.2) is 36.4 Å². The molecule has 4 aromatic rings. The number of nitrogens with zero attached hydrogens (tertiary/aromatic N) is 6. The van der Waals surface area contributed by atoms with Crippen molar-refractivity contribution >= 4 is 58.4 Å². The van der Waals surface area contributed by atoms with Gasteiger partial charge in [0, 0.05) is 49.2 Å². The molecule has 0 unspecified atom stereocenters. The fourth-order valence-corrected chi connectivity index (χ4v) is 15.9. The average Bonchev–Trinajstić information content (AvgIpc) is 3.15. The molecule has 0 spiro atoms. The third-order valence-corrected chi connectivity index (χ3v) is 21.2. The van der Waals surface area contributed by atoms with E-state index < -0.39 is 47.0 Å². The maximum absolute atomic E-state index is 14.3. The Morgan fingerprint density at radius 1 is 0.522 bits per heavy atom. The molecule has 2 aromatic carbocycles. The molecular weight excluding hydrogens is 1220 g/mol. The minimum atomic E-state index is -0.774. The number of carbonyl (C=O) groups excluding carboxylic acids is 6. The first-order valence-corrected chi connectivity index (χ1v) is 33.0. The number of esters is 2. The Morgan fingerprint density at radius 3 is 1.46 bits per heavy atom. The standard InChI is InChI=1S/2C35H46N3O6.2V/c1-6-22-29(19-39)38-18-31(22)44-33-27(36-26-13-12-21(42-5)16-28(26)37-33)11-9-7-8-10-23-24-14-20(24)15-30(23)43-32(40)17-25(34(38)41)35(2,3)4;1-6-23-29(19-39)38-18-30(23)43-33-27(36-26-13-12-22(42-5)16-28(26)37-33)11-9-7-8-10-20-14-21-15-24(21)32(20)44-31(40)17-25(34(38)41)35(2,3)4;;/h12-13,16,20,22-25,29-31H,6-11,14-15,17-18H2,1-5H3;12-13,16,20-21,23-25,29-30,32H,6-11,14-15,17-18H2,1-5H3;;/q2*-1;;/t20-,22+,23-,24-,25-,29-,30-,31+;20-,21-,23+,24+,25-,29-,30+,32+;;/m11../s1. The normalized spacial score (nSPS) is 32.2. The van der Waals surface area contributed by atoms with Crippen molar-refractivity contribution in [2.75, 3.05) is 27.3 Å². The number of ether oxygens (including phenoxy) is 6. The van der Waals surface area contributed by atoms with Crippen LogP contribution in [0, 0.1) is 70.0 Å². The molecular formula is C70H92N6O12V2-2. The van der Waals surface area contributed by atoms with E-state index in [9.17, 15) is 28.8 Å². The third-order valence-electron chi connectivity index (χ3n) is 21.2. The zero-order valence-corrected chi connectivity index (χ0v) is 57.1. The van der Waals surface area contributed by atoms with E-state index >= 15 is 0 Å². The molecule has 16 atom stereocenters. The second-order valence-electron chi connectivity index (χ2n) is 28.9. The van der Waals surface area contributed by atoms with Crippen molar-refractivity contribution in [1.29, 1.82) is 0 Å². The van der Waals surface area contributed by atoms with Gasteiger partial charge in [0.2, 0.25) is 23.6 Å². The summed E-state index contributed by atoms with van der Waals surface area (Å²) in [5.74, 6) is 2.56. The van der Waals surface area contributed by atoms with E-state index in [1.54, 1.807) is 24.0 Å². The first-order valence-electron chi connectivity index (χ1n) is 33.0. The summed E-state index contributed by atoms with van der Waals surface area (Å²) in [5.41, 5.74) is 3.42. The molecule has 18 nitrogen and oxygen atoms in total. The van der Waals surface area contributed by atoms with Gasteiger partial charge in [-0.05, 0) is 147 Å². The van der Waals surface area contributed by atoms with Crippen molar-refractivity contribution < 1.29 is 94.3 Å². The van der Waals surface area contributed by atoms with Crippen LogP contribution < -0.4 is 18.9 Å². The fraction of sp³-hybridized carbons (Fsp3) is 0.686. The Bertz CT molecular complexity index is 3250. The largest absolute Gasteiger partial charge is 0.540 e. The van der Waals surface area contributed by atoms with Gasteiger partial charge in [-0.2, -0.15) is 0 Å². The molecule has 0 N–H and O–H groups in total. The molecule has 2 saturated heterocycles. The summed E-state index contributed by atoms with van der Waals surface area (Å²) >= 11 is 0. The Kier molecular flexibility index (Phi) is 22.2. The first kappa shape index (κ1) is 69.1. The van der Waals surface area contributed by atoms with Gasteiger partial charge in [0.05, 0.1) is 74.1 Å². The molecule has 2 amide bonds. The van der Waals surface area contributed by atoms with Crippen molar-refractivity contribution in [3.63, 3.8) is 0 Å². The molecule has 4 aliphatic carbocycles. The molecule has 486 valence electrons. The van der Waals surface area contributed by atoms with Crippen LogP contribution in [0.5, 0.6) is 23.3 Å². The molecule has 2 radical (unpaired) electrons.